The van der Waals surface area contributed by atoms with Gasteiger partial charge in [-0.05, 0) is 32.9 Å². The van der Waals surface area contributed by atoms with Crippen molar-refractivity contribution in [3.05, 3.63) is 24.3 Å². The maximum atomic E-state index is 12.1. The Hall–Kier alpha value is -1.32. The third-order valence-corrected chi connectivity index (χ3v) is 2.98. The second kappa shape index (κ2) is 5.58. The molecule has 20 heavy (non-hydrogen) atoms. The Bertz CT molecular complexity index is 564. The lowest BCUT2D eigenvalue weighted by Gasteiger charge is -2.19. The van der Waals surface area contributed by atoms with Crippen molar-refractivity contribution in [2.24, 2.45) is 0 Å². The van der Waals surface area contributed by atoms with E-state index in [0.717, 1.165) is 24.3 Å². The highest BCUT2D eigenvalue weighted by molar-refractivity contribution is 7.89. The fourth-order valence-electron chi connectivity index (χ4n) is 1.07. The fourth-order valence-corrected chi connectivity index (χ4v) is 2.05. The van der Waals surface area contributed by atoms with Crippen LogP contribution < -0.4 is 9.62 Å². The van der Waals surface area contributed by atoms with Crippen molar-refractivity contribution in [1.29, 1.82) is 0 Å². The molecule has 0 bridgehead atoms. The maximum absolute atomic E-state index is 12.1. The lowest BCUT2D eigenvalue weighted by molar-refractivity contribution is -0.274. The van der Waals surface area contributed by atoms with E-state index >= 15 is 0 Å². The quantitative estimate of drug-likeness (QED) is 0.868. The molecule has 0 fully saturated rings. The molecule has 1 N–H and O–H groups in total. The van der Waals surface area contributed by atoms with E-state index < -0.39 is 32.6 Å². The molecule has 0 radical (unpaired) electrons. The third-order valence-electron chi connectivity index (χ3n) is 1.81. The van der Waals surface area contributed by atoms with Crippen LogP contribution in [0, 0.1) is 0 Å². The highest BCUT2D eigenvalue weighted by Crippen LogP contribution is 2.25. The van der Waals surface area contributed by atoms with Crippen LogP contribution in [0.2, 0.25) is 0 Å². The van der Waals surface area contributed by atoms with Crippen LogP contribution in [0.3, 0.4) is 0 Å². The minimum absolute atomic E-state index is 0.400. The largest absolute Gasteiger partial charge is 0.573 e. The molecule has 114 valence electrons. The molecule has 9 heteroatoms. The first-order chi connectivity index (χ1) is 8.89. The molecule has 0 aliphatic rings. The lowest BCUT2D eigenvalue weighted by atomic mass is 10.2. The second-order valence-electron chi connectivity index (χ2n) is 4.82. The zero-order valence-electron chi connectivity index (χ0n) is 11.0. The van der Waals surface area contributed by atoms with Crippen LogP contribution >= 0.6 is 0 Å². The van der Waals surface area contributed by atoms with Crippen molar-refractivity contribution in [2.45, 2.75) is 37.6 Å². The maximum Gasteiger partial charge on any atom is 0.573 e. The van der Waals surface area contributed by atoms with E-state index in [2.05, 4.69) is 4.74 Å². The van der Waals surface area contributed by atoms with Crippen molar-refractivity contribution >= 4 is 10.0 Å². The van der Waals surface area contributed by atoms with Crippen molar-refractivity contribution in [3.63, 3.8) is 0 Å². The Balaban J connectivity index is 2.93. The third kappa shape index (κ3) is 5.76. The molecule has 0 spiro atoms. The predicted octanol–water partition coefficient (Wildman–Crippen LogP) is 2.59. The number of hydrogen-bond donors (Lipinski definition) is 1. The SMILES string of the molecule is CC(C)(C)ONS(=O)(=O)c1cccc(OC(F)(F)F)c1. The Labute approximate surface area is 114 Å². The van der Waals surface area contributed by atoms with Gasteiger partial charge in [-0.2, -0.15) is 0 Å². The Kier molecular flexibility index (Phi) is 4.67. The van der Waals surface area contributed by atoms with Gasteiger partial charge in [-0.25, -0.2) is 8.42 Å². The van der Waals surface area contributed by atoms with Gasteiger partial charge in [-0.3, -0.25) is 4.84 Å². The van der Waals surface area contributed by atoms with Gasteiger partial charge in [-0.1, -0.05) is 11.0 Å². The second-order valence-corrected chi connectivity index (χ2v) is 6.47. The van der Waals surface area contributed by atoms with Crippen LogP contribution in [0.25, 0.3) is 0 Å². The van der Waals surface area contributed by atoms with Gasteiger partial charge in [0.15, 0.2) is 0 Å². The first-order valence-electron chi connectivity index (χ1n) is 5.45. The summed E-state index contributed by atoms with van der Waals surface area (Å²) < 4.78 is 63.5. The van der Waals surface area contributed by atoms with Crippen LogP contribution in [-0.2, 0) is 14.9 Å². The van der Waals surface area contributed by atoms with E-state index in [9.17, 15) is 21.6 Å². The van der Waals surface area contributed by atoms with Crippen LogP contribution in [0.1, 0.15) is 20.8 Å². The minimum atomic E-state index is -4.89. The standard InChI is InChI=1S/C11H14F3NO4S/c1-10(2,3)19-15-20(16,17)9-6-4-5-8(7-9)18-11(12,13)14/h4-7,15H,1-3H3. The number of rotatable bonds is 4. The molecule has 1 aromatic carbocycles. The van der Waals surface area contributed by atoms with Gasteiger partial charge in [0.1, 0.15) is 5.75 Å². The summed E-state index contributed by atoms with van der Waals surface area (Å²) in [5, 5.41) is 0. The molecule has 0 heterocycles. The highest BCUT2D eigenvalue weighted by Gasteiger charge is 2.31. The molecule has 0 aromatic heterocycles. The number of sulfonamides is 1. The van der Waals surface area contributed by atoms with Gasteiger partial charge in [0, 0.05) is 6.07 Å². The van der Waals surface area contributed by atoms with E-state index in [-0.39, 0.29) is 0 Å². The summed E-state index contributed by atoms with van der Waals surface area (Å²) >= 11 is 0. The molecule has 0 saturated carbocycles. The molecule has 0 amide bonds. The first kappa shape index (κ1) is 16.7. The Morgan fingerprint density at radius 1 is 1.15 bits per heavy atom. The summed E-state index contributed by atoms with van der Waals surface area (Å²) in [7, 11) is -4.09. The predicted molar refractivity (Wildman–Crippen MR) is 64.3 cm³/mol. The van der Waals surface area contributed by atoms with Crippen molar-refractivity contribution in [3.8, 4) is 5.75 Å². The smallest absolute Gasteiger partial charge is 0.406 e. The highest BCUT2D eigenvalue weighted by atomic mass is 32.2. The van der Waals surface area contributed by atoms with Gasteiger partial charge in [0.25, 0.3) is 10.0 Å². The topological polar surface area (TPSA) is 64.6 Å². The summed E-state index contributed by atoms with van der Waals surface area (Å²) in [6.45, 7) is 4.83. The molecule has 1 rings (SSSR count). The molecular weight excluding hydrogens is 299 g/mol. The molecule has 0 atom stereocenters. The number of halogens is 3. The van der Waals surface area contributed by atoms with Crippen LogP contribution in [0.4, 0.5) is 13.2 Å². The van der Waals surface area contributed by atoms with E-state index in [4.69, 9.17) is 4.84 Å². The van der Waals surface area contributed by atoms with Gasteiger partial charge in [0.05, 0.1) is 10.5 Å². The van der Waals surface area contributed by atoms with Gasteiger partial charge >= 0.3 is 6.36 Å². The zero-order chi connectivity index (χ0) is 15.6. The summed E-state index contributed by atoms with van der Waals surface area (Å²) in [6, 6.07) is 4.00. The van der Waals surface area contributed by atoms with Crippen LogP contribution in [-0.4, -0.2) is 20.4 Å². The molecular formula is C11H14F3NO4S. The zero-order valence-corrected chi connectivity index (χ0v) is 11.8. The molecule has 0 saturated heterocycles. The van der Waals surface area contributed by atoms with E-state index in [0.29, 0.717) is 0 Å². The first-order valence-corrected chi connectivity index (χ1v) is 6.93. The number of alkyl halides is 3. The van der Waals surface area contributed by atoms with Crippen molar-refractivity contribution < 1.29 is 31.2 Å². The van der Waals surface area contributed by atoms with E-state index in [1.165, 1.54) is 0 Å². The fraction of sp³-hybridized carbons (Fsp3) is 0.455. The number of hydrogen-bond acceptors (Lipinski definition) is 4. The molecule has 1 aromatic rings. The summed E-state index contributed by atoms with van der Waals surface area (Å²) in [5.74, 6) is -0.629. The summed E-state index contributed by atoms with van der Waals surface area (Å²) in [6.07, 6.45) is -4.89. The summed E-state index contributed by atoms with van der Waals surface area (Å²) in [4.78, 5) is 6.33. The van der Waals surface area contributed by atoms with Crippen molar-refractivity contribution in [2.75, 3.05) is 0 Å². The van der Waals surface area contributed by atoms with Crippen LogP contribution in [0.15, 0.2) is 29.2 Å². The van der Waals surface area contributed by atoms with Gasteiger partial charge < -0.3 is 4.74 Å². The molecule has 0 aliphatic heterocycles. The number of benzene rings is 1. The lowest BCUT2D eigenvalue weighted by Crippen LogP contribution is -2.33. The van der Waals surface area contributed by atoms with Gasteiger partial charge in [-0.15, -0.1) is 13.2 Å². The van der Waals surface area contributed by atoms with E-state index in [1.807, 2.05) is 4.89 Å². The molecule has 5 nitrogen and oxygen atoms in total. The molecule has 0 unspecified atom stereocenters. The Morgan fingerprint density at radius 3 is 2.25 bits per heavy atom. The van der Waals surface area contributed by atoms with Crippen LogP contribution in [0.5, 0.6) is 5.75 Å². The average Bonchev–Trinajstić information content (AvgIpc) is 2.24. The minimum Gasteiger partial charge on any atom is -0.406 e. The number of nitrogens with one attached hydrogen (secondary N) is 1. The molecule has 0 aliphatic carbocycles. The normalized spacial score (nSPS) is 13.3. The monoisotopic (exact) mass is 313 g/mol. The summed E-state index contributed by atoms with van der Waals surface area (Å²) in [5.41, 5.74) is -0.785. The number of ether oxygens (including phenoxy) is 1. The van der Waals surface area contributed by atoms with Crippen molar-refractivity contribution in [1.82, 2.24) is 4.89 Å². The average molecular weight is 313 g/mol. The Morgan fingerprint density at radius 2 is 1.75 bits per heavy atom. The van der Waals surface area contributed by atoms with Gasteiger partial charge in [0.2, 0.25) is 0 Å². The van der Waals surface area contributed by atoms with E-state index in [1.54, 1.807) is 20.8 Å².